The first-order valence-corrected chi connectivity index (χ1v) is 9.12. The Kier molecular flexibility index (Phi) is 5.35. The minimum atomic E-state index is -3.25. The van der Waals surface area contributed by atoms with Crippen molar-refractivity contribution >= 4 is 50.4 Å². The van der Waals surface area contributed by atoms with Gasteiger partial charge in [-0.05, 0) is 48.6 Å². The maximum atomic E-state index is 12.0. The predicted octanol–water partition coefficient (Wildman–Crippen LogP) is 2.87. The Bertz CT molecular complexity index is 849. The standard InChI is InChI=1S/C15H13ClN2O3S2/c1-23(20,21)11-8-6-10(7-9-11)17-15(22)18-14(19)12-4-2-3-5-13(12)16/h2-9H,1H3,(H2,17,18,19,22). The summed E-state index contributed by atoms with van der Waals surface area (Å²) in [4.78, 5) is 12.3. The van der Waals surface area contributed by atoms with E-state index in [9.17, 15) is 13.2 Å². The quantitative estimate of drug-likeness (QED) is 0.815. The summed E-state index contributed by atoms with van der Waals surface area (Å²) >= 11 is 11.0. The van der Waals surface area contributed by atoms with Crippen LogP contribution in [0.4, 0.5) is 5.69 Å². The average Bonchev–Trinajstić information content (AvgIpc) is 2.47. The van der Waals surface area contributed by atoms with Gasteiger partial charge >= 0.3 is 0 Å². The van der Waals surface area contributed by atoms with Crippen molar-refractivity contribution in [3.63, 3.8) is 0 Å². The van der Waals surface area contributed by atoms with E-state index in [4.69, 9.17) is 23.8 Å². The first-order valence-electron chi connectivity index (χ1n) is 6.44. The molecule has 0 fully saturated rings. The van der Waals surface area contributed by atoms with Gasteiger partial charge < -0.3 is 5.32 Å². The molecule has 0 aliphatic rings. The second-order valence-electron chi connectivity index (χ2n) is 4.68. The van der Waals surface area contributed by atoms with Gasteiger partial charge in [0.05, 0.1) is 15.5 Å². The number of anilines is 1. The van der Waals surface area contributed by atoms with Gasteiger partial charge in [0.1, 0.15) is 0 Å². The van der Waals surface area contributed by atoms with Crippen LogP contribution in [0.1, 0.15) is 10.4 Å². The average molecular weight is 369 g/mol. The maximum Gasteiger partial charge on any atom is 0.258 e. The fraction of sp³-hybridized carbons (Fsp3) is 0.0667. The highest BCUT2D eigenvalue weighted by Crippen LogP contribution is 2.15. The third kappa shape index (κ3) is 4.75. The molecule has 0 aliphatic carbocycles. The molecule has 2 N–H and O–H groups in total. The van der Waals surface area contributed by atoms with Gasteiger partial charge in [-0.15, -0.1) is 0 Å². The number of hydrogen-bond acceptors (Lipinski definition) is 4. The zero-order valence-corrected chi connectivity index (χ0v) is 14.4. The largest absolute Gasteiger partial charge is 0.332 e. The van der Waals surface area contributed by atoms with Crippen molar-refractivity contribution < 1.29 is 13.2 Å². The lowest BCUT2D eigenvalue weighted by atomic mass is 10.2. The van der Waals surface area contributed by atoms with E-state index in [2.05, 4.69) is 10.6 Å². The van der Waals surface area contributed by atoms with E-state index in [1.165, 1.54) is 12.1 Å². The topological polar surface area (TPSA) is 75.3 Å². The highest BCUT2D eigenvalue weighted by Gasteiger charge is 2.11. The molecule has 1 amide bonds. The van der Waals surface area contributed by atoms with Crippen LogP contribution in [-0.2, 0) is 9.84 Å². The van der Waals surface area contributed by atoms with Crippen LogP contribution in [0.5, 0.6) is 0 Å². The van der Waals surface area contributed by atoms with Crippen molar-refractivity contribution in [1.82, 2.24) is 5.32 Å². The van der Waals surface area contributed by atoms with E-state index in [-0.39, 0.29) is 10.0 Å². The molecule has 5 nitrogen and oxygen atoms in total. The molecule has 0 aromatic heterocycles. The van der Waals surface area contributed by atoms with Crippen LogP contribution in [0.2, 0.25) is 5.02 Å². The number of carbonyl (C=O) groups excluding carboxylic acids is 1. The monoisotopic (exact) mass is 368 g/mol. The third-order valence-electron chi connectivity index (χ3n) is 2.89. The molecule has 0 unspecified atom stereocenters. The molecule has 2 aromatic carbocycles. The fourth-order valence-corrected chi connectivity index (χ4v) is 2.83. The third-order valence-corrected chi connectivity index (χ3v) is 4.55. The normalized spacial score (nSPS) is 10.9. The molecule has 0 saturated heterocycles. The Morgan fingerprint density at radius 1 is 1.09 bits per heavy atom. The zero-order chi connectivity index (χ0) is 17.0. The number of nitrogens with one attached hydrogen (secondary N) is 2. The molecule has 0 aliphatic heterocycles. The maximum absolute atomic E-state index is 12.0. The molecular weight excluding hydrogens is 356 g/mol. The van der Waals surface area contributed by atoms with Crippen molar-refractivity contribution in [2.75, 3.05) is 11.6 Å². The van der Waals surface area contributed by atoms with Crippen LogP contribution in [-0.4, -0.2) is 25.7 Å². The zero-order valence-electron chi connectivity index (χ0n) is 12.0. The Labute approximate surface area is 144 Å². The molecule has 2 rings (SSSR count). The number of thiocarbonyl (C=S) groups is 1. The van der Waals surface area contributed by atoms with Crippen LogP contribution >= 0.6 is 23.8 Å². The van der Waals surface area contributed by atoms with Crippen molar-refractivity contribution in [3.8, 4) is 0 Å². The predicted molar refractivity (Wildman–Crippen MR) is 94.7 cm³/mol. The second-order valence-corrected chi connectivity index (χ2v) is 7.52. The van der Waals surface area contributed by atoms with Gasteiger partial charge in [-0.1, -0.05) is 23.7 Å². The summed E-state index contributed by atoms with van der Waals surface area (Å²) in [5.74, 6) is -0.430. The van der Waals surface area contributed by atoms with Gasteiger partial charge in [-0.3, -0.25) is 10.1 Å². The van der Waals surface area contributed by atoms with Crippen LogP contribution in [0.3, 0.4) is 0 Å². The molecule has 8 heteroatoms. The molecule has 0 saturated carbocycles. The van der Waals surface area contributed by atoms with Gasteiger partial charge in [0, 0.05) is 11.9 Å². The highest BCUT2D eigenvalue weighted by atomic mass is 35.5. The van der Waals surface area contributed by atoms with E-state index < -0.39 is 15.7 Å². The number of halogens is 1. The highest BCUT2D eigenvalue weighted by molar-refractivity contribution is 7.90. The SMILES string of the molecule is CS(=O)(=O)c1ccc(NC(=S)NC(=O)c2ccccc2Cl)cc1. The summed E-state index contributed by atoms with van der Waals surface area (Å²) < 4.78 is 22.8. The van der Waals surface area contributed by atoms with E-state index in [0.29, 0.717) is 16.3 Å². The Hall–Kier alpha value is -1.96. The lowest BCUT2D eigenvalue weighted by Crippen LogP contribution is -2.34. The molecule has 120 valence electrons. The van der Waals surface area contributed by atoms with Gasteiger partial charge in [0.2, 0.25) is 0 Å². The summed E-state index contributed by atoms with van der Waals surface area (Å²) in [6, 6.07) is 12.6. The van der Waals surface area contributed by atoms with E-state index in [1.807, 2.05) is 0 Å². The molecule has 23 heavy (non-hydrogen) atoms. The molecule has 0 heterocycles. The van der Waals surface area contributed by atoms with Crippen molar-refractivity contribution in [2.24, 2.45) is 0 Å². The van der Waals surface area contributed by atoms with Crippen molar-refractivity contribution in [3.05, 3.63) is 59.1 Å². The number of benzene rings is 2. The van der Waals surface area contributed by atoms with Gasteiger partial charge in [-0.2, -0.15) is 0 Å². The summed E-state index contributed by atoms with van der Waals surface area (Å²) in [6.07, 6.45) is 1.13. The van der Waals surface area contributed by atoms with Crippen LogP contribution < -0.4 is 10.6 Å². The van der Waals surface area contributed by atoms with E-state index >= 15 is 0 Å². The summed E-state index contributed by atoms with van der Waals surface area (Å²) in [5.41, 5.74) is 0.868. The van der Waals surface area contributed by atoms with Gasteiger partial charge in [-0.25, -0.2) is 8.42 Å². The van der Waals surface area contributed by atoms with Gasteiger partial charge in [0.15, 0.2) is 14.9 Å². The number of carbonyl (C=O) groups is 1. The summed E-state index contributed by atoms with van der Waals surface area (Å²) in [5, 5.41) is 5.72. The lowest BCUT2D eigenvalue weighted by Gasteiger charge is -2.10. The molecular formula is C15H13ClN2O3S2. The Morgan fingerprint density at radius 2 is 1.70 bits per heavy atom. The number of sulfone groups is 1. The molecule has 0 spiro atoms. The number of rotatable bonds is 3. The van der Waals surface area contributed by atoms with Crippen molar-refractivity contribution in [2.45, 2.75) is 4.90 Å². The Morgan fingerprint density at radius 3 is 2.26 bits per heavy atom. The molecule has 2 aromatic rings. The van der Waals surface area contributed by atoms with Crippen LogP contribution in [0.25, 0.3) is 0 Å². The Balaban J connectivity index is 2.03. The number of amides is 1. The summed E-state index contributed by atoms with van der Waals surface area (Å²) in [6.45, 7) is 0. The lowest BCUT2D eigenvalue weighted by molar-refractivity contribution is 0.0978. The van der Waals surface area contributed by atoms with Crippen molar-refractivity contribution in [1.29, 1.82) is 0 Å². The van der Waals surface area contributed by atoms with E-state index in [0.717, 1.165) is 6.26 Å². The second kappa shape index (κ2) is 7.08. The molecule has 0 radical (unpaired) electrons. The molecule has 0 atom stereocenters. The summed E-state index contributed by atoms with van der Waals surface area (Å²) in [7, 11) is -3.25. The van der Waals surface area contributed by atoms with Crippen LogP contribution in [0, 0.1) is 0 Å². The minimum absolute atomic E-state index is 0.0852. The fourth-order valence-electron chi connectivity index (χ4n) is 1.76. The van der Waals surface area contributed by atoms with Crippen LogP contribution in [0.15, 0.2) is 53.4 Å². The first-order chi connectivity index (χ1) is 10.8. The number of hydrogen-bond donors (Lipinski definition) is 2. The van der Waals surface area contributed by atoms with Gasteiger partial charge in [0.25, 0.3) is 5.91 Å². The first kappa shape index (κ1) is 17.4. The smallest absolute Gasteiger partial charge is 0.258 e. The van der Waals surface area contributed by atoms with E-state index in [1.54, 1.807) is 36.4 Å². The minimum Gasteiger partial charge on any atom is -0.332 e. The molecule has 0 bridgehead atoms.